The standard InChI is InChI=1S/C18H20O4/c1-9-15-12(10-5-4-6-11(10)17(20)21-15)7-13-14(19)8-18(2,3)22-16(9)13/h7,14,19H,4-6,8H2,1-3H3. The maximum Gasteiger partial charge on any atom is 0.339 e. The first-order valence-electron chi connectivity index (χ1n) is 7.86. The van der Waals surface area contributed by atoms with E-state index in [9.17, 15) is 9.90 Å². The van der Waals surface area contributed by atoms with Gasteiger partial charge >= 0.3 is 5.63 Å². The van der Waals surface area contributed by atoms with Crippen LogP contribution in [-0.4, -0.2) is 10.7 Å². The Bertz CT molecular complexity index is 845. The Balaban J connectivity index is 2.08. The molecule has 1 aliphatic heterocycles. The van der Waals surface area contributed by atoms with E-state index in [1.807, 2.05) is 26.8 Å². The van der Waals surface area contributed by atoms with E-state index in [0.29, 0.717) is 17.8 Å². The van der Waals surface area contributed by atoms with Crippen LogP contribution in [0.3, 0.4) is 0 Å². The molecular formula is C18H20O4. The predicted molar refractivity (Wildman–Crippen MR) is 83.5 cm³/mol. The van der Waals surface area contributed by atoms with E-state index in [1.54, 1.807) is 0 Å². The Kier molecular flexibility index (Phi) is 2.74. The summed E-state index contributed by atoms with van der Waals surface area (Å²) in [5.41, 5.74) is 3.47. The van der Waals surface area contributed by atoms with E-state index in [-0.39, 0.29) is 5.63 Å². The summed E-state index contributed by atoms with van der Waals surface area (Å²) in [5, 5.41) is 11.5. The Morgan fingerprint density at radius 3 is 2.77 bits per heavy atom. The van der Waals surface area contributed by atoms with Gasteiger partial charge in [-0.05, 0) is 51.7 Å². The van der Waals surface area contributed by atoms with Crippen molar-refractivity contribution >= 4 is 11.0 Å². The molecule has 116 valence electrons. The molecule has 1 N–H and O–H groups in total. The smallest absolute Gasteiger partial charge is 0.339 e. The van der Waals surface area contributed by atoms with Gasteiger partial charge in [0.15, 0.2) is 0 Å². The topological polar surface area (TPSA) is 59.7 Å². The molecular weight excluding hydrogens is 280 g/mol. The van der Waals surface area contributed by atoms with Gasteiger partial charge in [-0.15, -0.1) is 0 Å². The number of rotatable bonds is 0. The number of benzene rings is 1. The van der Waals surface area contributed by atoms with Crippen molar-refractivity contribution in [1.82, 2.24) is 0 Å². The van der Waals surface area contributed by atoms with Gasteiger partial charge in [0.05, 0.1) is 6.10 Å². The van der Waals surface area contributed by atoms with E-state index in [1.165, 1.54) is 0 Å². The number of hydrogen-bond donors (Lipinski definition) is 1. The van der Waals surface area contributed by atoms with Crippen LogP contribution in [0.4, 0.5) is 0 Å². The third-order valence-electron chi connectivity index (χ3n) is 4.89. The Hall–Kier alpha value is -1.81. The van der Waals surface area contributed by atoms with E-state index < -0.39 is 11.7 Å². The van der Waals surface area contributed by atoms with Crippen LogP contribution in [0.25, 0.3) is 11.0 Å². The molecule has 1 aromatic heterocycles. The van der Waals surface area contributed by atoms with Crippen molar-refractivity contribution < 1.29 is 14.3 Å². The quantitative estimate of drug-likeness (QED) is 0.759. The van der Waals surface area contributed by atoms with Crippen molar-refractivity contribution in [3.63, 3.8) is 0 Å². The lowest BCUT2D eigenvalue weighted by atomic mass is 9.88. The summed E-state index contributed by atoms with van der Waals surface area (Å²) in [4.78, 5) is 12.2. The van der Waals surface area contributed by atoms with Crippen molar-refractivity contribution in [1.29, 1.82) is 0 Å². The molecule has 22 heavy (non-hydrogen) atoms. The molecule has 0 spiro atoms. The van der Waals surface area contributed by atoms with E-state index in [2.05, 4.69) is 0 Å². The Morgan fingerprint density at radius 1 is 1.27 bits per heavy atom. The largest absolute Gasteiger partial charge is 0.487 e. The third kappa shape index (κ3) is 1.83. The number of hydrogen-bond acceptors (Lipinski definition) is 4. The zero-order valence-corrected chi connectivity index (χ0v) is 13.2. The highest BCUT2D eigenvalue weighted by Crippen LogP contribution is 2.45. The van der Waals surface area contributed by atoms with Crippen LogP contribution < -0.4 is 10.4 Å². The number of ether oxygens (including phenoxy) is 1. The fourth-order valence-corrected chi connectivity index (χ4v) is 3.86. The second-order valence-electron chi connectivity index (χ2n) is 7.08. The lowest BCUT2D eigenvalue weighted by molar-refractivity contribution is 0.0111. The Morgan fingerprint density at radius 2 is 2.00 bits per heavy atom. The highest BCUT2D eigenvalue weighted by atomic mass is 16.5. The third-order valence-corrected chi connectivity index (χ3v) is 4.89. The van der Waals surface area contributed by atoms with Crippen LogP contribution in [0, 0.1) is 6.92 Å². The molecule has 1 aliphatic carbocycles. The van der Waals surface area contributed by atoms with Gasteiger partial charge in [-0.3, -0.25) is 0 Å². The molecule has 1 aromatic carbocycles. The zero-order chi connectivity index (χ0) is 15.6. The predicted octanol–water partition coefficient (Wildman–Crippen LogP) is 3.18. The molecule has 0 saturated heterocycles. The lowest BCUT2D eigenvalue weighted by Crippen LogP contribution is -2.35. The van der Waals surface area contributed by atoms with Crippen molar-refractivity contribution in [3.8, 4) is 5.75 Å². The van der Waals surface area contributed by atoms with Crippen LogP contribution in [0.5, 0.6) is 5.75 Å². The number of aryl methyl sites for hydroxylation is 2. The maximum atomic E-state index is 12.2. The molecule has 2 aromatic rings. The molecule has 4 heteroatoms. The van der Waals surface area contributed by atoms with Crippen molar-refractivity contribution in [2.75, 3.05) is 0 Å². The number of aliphatic hydroxyl groups excluding tert-OH is 1. The highest BCUT2D eigenvalue weighted by Gasteiger charge is 2.35. The number of aliphatic hydroxyl groups is 1. The van der Waals surface area contributed by atoms with Crippen LogP contribution in [0.15, 0.2) is 15.3 Å². The van der Waals surface area contributed by atoms with Crippen LogP contribution in [-0.2, 0) is 12.8 Å². The first-order valence-corrected chi connectivity index (χ1v) is 7.86. The van der Waals surface area contributed by atoms with Crippen LogP contribution >= 0.6 is 0 Å². The minimum absolute atomic E-state index is 0.223. The van der Waals surface area contributed by atoms with Gasteiger partial charge in [-0.25, -0.2) is 4.79 Å². The van der Waals surface area contributed by atoms with Crippen molar-refractivity contribution in [2.45, 2.75) is 58.2 Å². The zero-order valence-electron chi connectivity index (χ0n) is 13.2. The molecule has 0 amide bonds. The van der Waals surface area contributed by atoms with Crippen LogP contribution in [0.1, 0.15) is 55.0 Å². The molecule has 0 bridgehead atoms. The van der Waals surface area contributed by atoms with Gasteiger partial charge < -0.3 is 14.3 Å². The highest BCUT2D eigenvalue weighted by molar-refractivity contribution is 5.87. The molecule has 2 aliphatic rings. The van der Waals surface area contributed by atoms with Crippen LogP contribution in [0.2, 0.25) is 0 Å². The van der Waals surface area contributed by atoms with E-state index in [4.69, 9.17) is 9.15 Å². The van der Waals surface area contributed by atoms with Crippen molar-refractivity contribution in [3.05, 3.63) is 38.7 Å². The van der Waals surface area contributed by atoms with Gasteiger partial charge in [-0.2, -0.15) is 0 Å². The molecule has 1 unspecified atom stereocenters. The summed E-state index contributed by atoms with van der Waals surface area (Å²) < 4.78 is 11.7. The average Bonchev–Trinajstić information content (AvgIpc) is 2.91. The molecule has 0 radical (unpaired) electrons. The first kappa shape index (κ1) is 13.8. The molecule has 0 saturated carbocycles. The first-order chi connectivity index (χ1) is 10.4. The summed E-state index contributed by atoms with van der Waals surface area (Å²) >= 11 is 0. The summed E-state index contributed by atoms with van der Waals surface area (Å²) in [5.74, 6) is 0.664. The van der Waals surface area contributed by atoms with Gasteiger partial charge in [0.25, 0.3) is 0 Å². The summed E-state index contributed by atoms with van der Waals surface area (Å²) in [6, 6.07) is 1.96. The van der Waals surface area contributed by atoms with Gasteiger partial charge in [0, 0.05) is 28.5 Å². The van der Waals surface area contributed by atoms with Gasteiger partial charge in [-0.1, -0.05) is 0 Å². The maximum absolute atomic E-state index is 12.2. The lowest BCUT2D eigenvalue weighted by Gasteiger charge is -2.36. The van der Waals surface area contributed by atoms with E-state index >= 15 is 0 Å². The molecule has 1 atom stereocenters. The normalized spacial score (nSPS) is 22.3. The summed E-state index contributed by atoms with van der Waals surface area (Å²) in [6.07, 6.45) is 2.69. The monoisotopic (exact) mass is 300 g/mol. The molecule has 4 nitrogen and oxygen atoms in total. The molecule has 4 rings (SSSR count). The molecule has 0 fully saturated rings. The van der Waals surface area contributed by atoms with Gasteiger partial charge in [0.1, 0.15) is 16.9 Å². The minimum atomic E-state index is -0.550. The second kappa shape index (κ2) is 4.35. The fourth-order valence-electron chi connectivity index (χ4n) is 3.86. The Labute approximate surface area is 128 Å². The van der Waals surface area contributed by atoms with E-state index in [0.717, 1.165) is 46.9 Å². The molecule has 2 heterocycles. The summed E-state index contributed by atoms with van der Waals surface area (Å²) in [6.45, 7) is 5.82. The average molecular weight is 300 g/mol. The summed E-state index contributed by atoms with van der Waals surface area (Å²) in [7, 11) is 0. The van der Waals surface area contributed by atoms with Gasteiger partial charge in [0.2, 0.25) is 0 Å². The SMILES string of the molecule is Cc1c2c(cc3c4c(c(=O)oc13)CCC4)C(O)CC(C)(C)O2. The second-order valence-corrected chi connectivity index (χ2v) is 7.08. The fraction of sp³-hybridized carbons (Fsp3) is 0.500. The minimum Gasteiger partial charge on any atom is -0.487 e. The number of fused-ring (bicyclic) bond motifs is 4. The van der Waals surface area contributed by atoms with Crippen molar-refractivity contribution in [2.24, 2.45) is 0 Å².